The van der Waals surface area contributed by atoms with Crippen LogP contribution in [0.25, 0.3) is 0 Å². The van der Waals surface area contributed by atoms with Crippen LogP contribution < -0.4 is 10.2 Å². The van der Waals surface area contributed by atoms with E-state index in [1.165, 1.54) is 37.1 Å². The van der Waals surface area contributed by atoms with Gasteiger partial charge in [-0.05, 0) is 43.4 Å². The first-order chi connectivity index (χ1) is 9.22. The molecule has 0 bridgehead atoms. The Morgan fingerprint density at radius 1 is 1.32 bits per heavy atom. The summed E-state index contributed by atoms with van der Waals surface area (Å²) in [5.41, 5.74) is 2.94. The first-order valence-electron chi connectivity index (χ1n) is 7.79. The molecule has 0 aliphatic carbocycles. The van der Waals surface area contributed by atoms with Gasteiger partial charge < -0.3 is 10.2 Å². The molecule has 1 N–H and O–H groups in total. The maximum absolute atomic E-state index is 3.71. The molecule has 2 heteroatoms. The minimum absolute atomic E-state index is 0.535. The van der Waals surface area contributed by atoms with Gasteiger partial charge in [0.2, 0.25) is 0 Å². The molecule has 0 aromatic heterocycles. The summed E-state index contributed by atoms with van der Waals surface area (Å²) in [6.07, 6.45) is 3.74. The number of hydrogen-bond acceptors (Lipinski definition) is 2. The third-order valence-corrected chi connectivity index (χ3v) is 3.80. The second-order valence-electron chi connectivity index (χ2n) is 6.05. The lowest BCUT2D eigenvalue weighted by molar-refractivity contribution is 0.494. The Labute approximate surface area is 118 Å². The second kappa shape index (κ2) is 6.95. The molecular formula is C17H28N2. The second-order valence-corrected chi connectivity index (χ2v) is 6.05. The molecule has 0 fully saturated rings. The zero-order valence-electron chi connectivity index (χ0n) is 12.7. The molecular weight excluding hydrogens is 232 g/mol. The molecule has 0 saturated heterocycles. The zero-order chi connectivity index (χ0) is 13.7. The number of para-hydroxylation sites is 1. The Kier molecular flexibility index (Phi) is 5.26. The van der Waals surface area contributed by atoms with E-state index in [-0.39, 0.29) is 0 Å². The smallest absolute Gasteiger partial charge is 0.0414 e. The normalized spacial score (nSPS) is 19.4. The van der Waals surface area contributed by atoms with E-state index in [4.69, 9.17) is 0 Å². The van der Waals surface area contributed by atoms with E-state index >= 15 is 0 Å². The van der Waals surface area contributed by atoms with Crippen LogP contribution in [0, 0.1) is 5.92 Å². The molecule has 0 saturated carbocycles. The highest BCUT2D eigenvalue weighted by molar-refractivity contribution is 5.55. The van der Waals surface area contributed by atoms with Crippen LogP contribution in [0.1, 0.15) is 51.6 Å². The average Bonchev–Trinajstić information content (AvgIpc) is 2.56. The number of rotatable bonds is 5. The third-order valence-electron chi connectivity index (χ3n) is 3.80. The SMILES string of the molecule is CCCNC1CCCN(CC(C)C)c2ccccc21. The molecule has 1 aromatic rings. The molecule has 2 nitrogen and oxygen atoms in total. The van der Waals surface area contributed by atoms with Crippen LogP contribution in [-0.4, -0.2) is 19.6 Å². The van der Waals surface area contributed by atoms with Gasteiger partial charge in [0, 0.05) is 24.8 Å². The van der Waals surface area contributed by atoms with Gasteiger partial charge in [-0.3, -0.25) is 0 Å². The van der Waals surface area contributed by atoms with Crippen molar-refractivity contribution in [2.75, 3.05) is 24.5 Å². The van der Waals surface area contributed by atoms with Gasteiger partial charge in [-0.2, -0.15) is 0 Å². The molecule has 0 spiro atoms. The Hall–Kier alpha value is -1.02. The van der Waals surface area contributed by atoms with Crippen molar-refractivity contribution in [2.24, 2.45) is 5.92 Å². The molecule has 19 heavy (non-hydrogen) atoms. The molecule has 106 valence electrons. The summed E-state index contributed by atoms with van der Waals surface area (Å²) in [6.45, 7) is 10.3. The highest BCUT2D eigenvalue weighted by Gasteiger charge is 2.22. The van der Waals surface area contributed by atoms with Crippen LogP contribution in [0.15, 0.2) is 24.3 Å². The maximum Gasteiger partial charge on any atom is 0.0414 e. The third kappa shape index (κ3) is 3.73. The van der Waals surface area contributed by atoms with E-state index in [0.29, 0.717) is 12.0 Å². The molecule has 1 unspecified atom stereocenters. The summed E-state index contributed by atoms with van der Waals surface area (Å²) in [6, 6.07) is 9.49. The van der Waals surface area contributed by atoms with E-state index in [1.54, 1.807) is 0 Å². The van der Waals surface area contributed by atoms with Gasteiger partial charge >= 0.3 is 0 Å². The van der Waals surface area contributed by atoms with Crippen molar-refractivity contribution in [3.8, 4) is 0 Å². The van der Waals surface area contributed by atoms with Crippen molar-refractivity contribution >= 4 is 5.69 Å². The van der Waals surface area contributed by atoms with Gasteiger partial charge in [0.25, 0.3) is 0 Å². The van der Waals surface area contributed by atoms with Crippen LogP contribution in [0.5, 0.6) is 0 Å². The Morgan fingerprint density at radius 2 is 2.11 bits per heavy atom. The van der Waals surface area contributed by atoms with E-state index in [9.17, 15) is 0 Å². The van der Waals surface area contributed by atoms with Crippen LogP contribution >= 0.6 is 0 Å². The number of hydrogen-bond donors (Lipinski definition) is 1. The Balaban J connectivity index is 2.23. The highest BCUT2D eigenvalue weighted by atomic mass is 15.1. The molecule has 1 aliphatic heterocycles. The van der Waals surface area contributed by atoms with Crippen LogP contribution in [0.4, 0.5) is 5.69 Å². The van der Waals surface area contributed by atoms with E-state index in [2.05, 4.69) is 55.3 Å². The topological polar surface area (TPSA) is 15.3 Å². The summed E-state index contributed by atoms with van der Waals surface area (Å²) >= 11 is 0. The van der Waals surface area contributed by atoms with E-state index in [0.717, 1.165) is 13.1 Å². The summed E-state index contributed by atoms with van der Waals surface area (Å²) in [7, 11) is 0. The fraction of sp³-hybridized carbons (Fsp3) is 0.647. The van der Waals surface area contributed by atoms with Crippen molar-refractivity contribution in [1.29, 1.82) is 0 Å². The van der Waals surface area contributed by atoms with Gasteiger partial charge in [0.05, 0.1) is 0 Å². The van der Waals surface area contributed by atoms with Crippen molar-refractivity contribution in [1.82, 2.24) is 5.32 Å². The van der Waals surface area contributed by atoms with Gasteiger partial charge in [-0.25, -0.2) is 0 Å². The van der Waals surface area contributed by atoms with Gasteiger partial charge in [0.15, 0.2) is 0 Å². The predicted molar refractivity (Wildman–Crippen MR) is 83.8 cm³/mol. The van der Waals surface area contributed by atoms with Crippen LogP contribution in [-0.2, 0) is 0 Å². The number of benzene rings is 1. The zero-order valence-corrected chi connectivity index (χ0v) is 12.7. The molecule has 2 rings (SSSR count). The molecule has 1 atom stereocenters. The number of anilines is 1. The largest absolute Gasteiger partial charge is 0.371 e. The minimum Gasteiger partial charge on any atom is -0.371 e. The van der Waals surface area contributed by atoms with Crippen molar-refractivity contribution < 1.29 is 0 Å². The predicted octanol–water partition coefficient (Wildman–Crippen LogP) is 3.98. The number of nitrogens with one attached hydrogen (secondary N) is 1. The fourth-order valence-corrected chi connectivity index (χ4v) is 2.99. The maximum atomic E-state index is 3.71. The molecule has 1 aliphatic rings. The number of fused-ring (bicyclic) bond motifs is 1. The molecule has 1 heterocycles. The van der Waals surface area contributed by atoms with E-state index < -0.39 is 0 Å². The summed E-state index contributed by atoms with van der Waals surface area (Å²) in [5, 5.41) is 3.71. The van der Waals surface area contributed by atoms with E-state index in [1.807, 2.05) is 0 Å². The minimum atomic E-state index is 0.535. The highest BCUT2D eigenvalue weighted by Crippen LogP contribution is 2.33. The summed E-state index contributed by atoms with van der Waals surface area (Å²) in [5.74, 6) is 0.716. The van der Waals surface area contributed by atoms with Crippen molar-refractivity contribution in [2.45, 2.75) is 46.1 Å². The van der Waals surface area contributed by atoms with Crippen molar-refractivity contribution in [3.05, 3.63) is 29.8 Å². The van der Waals surface area contributed by atoms with Crippen molar-refractivity contribution in [3.63, 3.8) is 0 Å². The molecule has 0 amide bonds. The van der Waals surface area contributed by atoms with Gasteiger partial charge in [-0.1, -0.05) is 39.0 Å². The monoisotopic (exact) mass is 260 g/mol. The summed E-state index contributed by atoms with van der Waals surface area (Å²) < 4.78 is 0. The summed E-state index contributed by atoms with van der Waals surface area (Å²) in [4.78, 5) is 2.58. The lowest BCUT2D eigenvalue weighted by Gasteiger charge is -2.27. The first-order valence-corrected chi connectivity index (χ1v) is 7.79. The standard InChI is InChI=1S/C17H28N2/c1-4-11-18-16-9-7-12-19(13-14(2)3)17-10-6-5-8-15(16)17/h5-6,8,10,14,16,18H,4,7,9,11-13H2,1-3H3. The average molecular weight is 260 g/mol. The lowest BCUT2D eigenvalue weighted by Crippen LogP contribution is -2.28. The Morgan fingerprint density at radius 3 is 2.84 bits per heavy atom. The van der Waals surface area contributed by atoms with Gasteiger partial charge in [-0.15, -0.1) is 0 Å². The lowest BCUT2D eigenvalue weighted by atomic mass is 10.0. The quantitative estimate of drug-likeness (QED) is 0.861. The number of nitrogens with zero attached hydrogens (tertiary/aromatic N) is 1. The Bertz CT molecular complexity index is 387. The fourth-order valence-electron chi connectivity index (χ4n) is 2.99. The molecule has 0 radical (unpaired) electrons. The van der Waals surface area contributed by atoms with Gasteiger partial charge in [0.1, 0.15) is 0 Å². The van der Waals surface area contributed by atoms with Crippen LogP contribution in [0.2, 0.25) is 0 Å². The van der Waals surface area contributed by atoms with Crippen LogP contribution in [0.3, 0.4) is 0 Å². The molecule has 1 aromatic carbocycles. The first kappa shape index (κ1) is 14.4.